The first-order chi connectivity index (χ1) is 17.0. The predicted molar refractivity (Wildman–Crippen MR) is 133 cm³/mol. The van der Waals surface area contributed by atoms with Gasteiger partial charge in [0.25, 0.3) is 5.91 Å². The van der Waals surface area contributed by atoms with Crippen molar-refractivity contribution < 1.29 is 32.0 Å². The van der Waals surface area contributed by atoms with Gasteiger partial charge in [0.2, 0.25) is 5.75 Å². The molecule has 0 radical (unpaired) electrons. The Balaban J connectivity index is 1.87. The number of hydrogen-bond acceptors (Lipinski definition) is 7. The smallest absolute Gasteiger partial charge is 0.339 e. The van der Waals surface area contributed by atoms with Crippen LogP contribution in [-0.4, -0.2) is 32.5 Å². The van der Waals surface area contributed by atoms with Crippen LogP contribution in [0.4, 0.5) is 5.69 Å². The molecule has 0 spiro atoms. The van der Waals surface area contributed by atoms with E-state index in [1.54, 1.807) is 18.2 Å². The molecule has 184 valence electrons. The van der Waals surface area contributed by atoms with E-state index in [4.69, 9.17) is 25.6 Å². The fourth-order valence-corrected chi connectivity index (χ4v) is 4.24. The summed E-state index contributed by atoms with van der Waals surface area (Å²) >= 11 is 6.28. The highest BCUT2D eigenvalue weighted by molar-refractivity contribution is 7.87. The van der Waals surface area contributed by atoms with Crippen LogP contribution in [0, 0.1) is 18.3 Å². The lowest BCUT2D eigenvalue weighted by molar-refractivity contribution is -0.112. The summed E-state index contributed by atoms with van der Waals surface area (Å²) in [5, 5.41) is 20.8. The second-order valence-corrected chi connectivity index (χ2v) is 9.34. The number of carbonyl (C=O) groups is 2. The molecule has 0 aliphatic heterocycles. The summed E-state index contributed by atoms with van der Waals surface area (Å²) in [4.78, 5) is 23.4. The van der Waals surface area contributed by atoms with Crippen molar-refractivity contribution in [2.45, 2.75) is 11.8 Å². The molecule has 2 N–H and O–H groups in total. The molecule has 9 nitrogen and oxygen atoms in total. The van der Waals surface area contributed by atoms with Crippen LogP contribution in [0.15, 0.2) is 71.1 Å². The third kappa shape index (κ3) is 6.21. The summed E-state index contributed by atoms with van der Waals surface area (Å²) < 4.78 is 35.8. The molecule has 3 aromatic carbocycles. The van der Waals surface area contributed by atoms with Gasteiger partial charge in [-0.05, 0) is 67.1 Å². The fourth-order valence-electron chi connectivity index (χ4n) is 2.98. The maximum Gasteiger partial charge on any atom is 0.339 e. The summed E-state index contributed by atoms with van der Waals surface area (Å²) in [5.74, 6) is -2.15. The molecule has 0 fully saturated rings. The number of aryl methyl sites for hydroxylation is 1. The predicted octanol–water partition coefficient (Wildman–Crippen LogP) is 4.67. The van der Waals surface area contributed by atoms with Crippen LogP contribution >= 0.6 is 11.6 Å². The summed E-state index contributed by atoms with van der Waals surface area (Å²) in [6.07, 6.45) is 1.23. The van der Waals surface area contributed by atoms with Gasteiger partial charge in [-0.1, -0.05) is 29.3 Å². The van der Waals surface area contributed by atoms with Crippen molar-refractivity contribution in [1.82, 2.24) is 0 Å². The number of aromatic carboxylic acids is 1. The molecule has 36 heavy (non-hydrogen) atoms. The summed E-state index contributed by atoms with van der Waals surface area (Å²) in [6, 6.07) is 15.9. The van der Waals surface area contributed by atoms with E-state index in [9.17, 15) is 23.3 Å². The molecule has 3 aromatic rings. The third-order valence-electron chi connectivity index (χ3n) is 4.82. The van der Waals surface area contributed by atoms with Gasteiger partial charge in [0, 0.05) is 5.69 Å². The minimum atomic E-state index is -4.22. The topological polar surface area (TPSA) is 143 Å². The molecule has 0 aromatic heterocycles. The van der Waals surface area contributed by atoms with Crippen molar-refractivity contribution in [3.05, 3.63) is 87.9 Å². The zero-order chi connectivity index (χ0) is 26.5. The van der Waals surface area contributed by atoms with E-state index < -0.39 is 22.0 Å². The average molecular weight is 527 g/mol. The number of rotatable bonds is 8. The zero-order valence-electron chi connectivity index (χ0n) is 19.0. The van der Waals surface area contributed by atoms with Gasteiger partial charge in [-0.2, -0.15) is 13.7 Å². The number of nitrogens with one attached hydrogen (secondary N) is 1. The number of nitrogens with zero attached hydrogens (tertiary/aromatic N) is 1. The Morgan fingerprint density at radius 1 is 1.08 bits per heavy atom. The minimum absolute atomic E-state index is 0.0357. The molecule has 0 aliphatic carbocycles. The van der Waals surface area contributed by atoms with Crippen LogP contribution in [0.5, 0.6) is 11.5 Å². The van der Waals surface area contributed by atoms with Crippen LogP contribution in [0.25, 0.3) is 6.08 Å². The molecule has 0 heterocycles. The monoisotopic (exact) mass is 526 g/mol. The van der Waals surface area contributed by atoms with Crippen molar-refractivity contribution in [1.29, 1.82) is 5.26 Å². The molecule has 0 atom stereocenters. The Hall–Kier alpha value is -4.33. The number of nitriles is 1. The highest BCUT2D eigenvalue weighted by Crippen LogP contribution is 2.39. The van der Waals surface area contributed by atoms with Crippen molar-refractivity contribution >= 4 is 45.4 Å². The number of carbonyl (C=O) groups excluding carboxylic acids is 1. The number of amides is 1. The Labute approximate surface area is 212 Å². The Kier molecular flexibility index (Phi) is 7.99. The van der Waals surface area contributed by atoms with Crippen molar-refractivity contribution in [2.75, 3.05) is 12.4 Å². The number of methoxy groups -OCH3 is 1. The van der Waals surface area contributed by atoms with Gasteiger partial charge in [-0.15, -0.1) is 0 Å². The van der Waals surface area contributed by atoms with Crippen molar-refractivity contribution in [2.24, 2.45) is 0 Å². The summed E-state index contributed by atoms with van der Waals surface area (Å²) in [7, 11) is -2.93. The molecule has 1 amide bonds. The minimum Gasteiger partial charge on any atom is -0.493 e. The number of benzene rings is 3. The molecule has 0 aliphatic rings. The van der Waals surface area contributed by atoms with E-state index in [0.29, 0.717) is 0 Å². The van der Waals surface area contributed by atoms with E-state index in [1.807, 2.05) is 6.92 Å². The fraction of sp³-hybridized carbons (Fsp3) is 0.0800. The van der Waals surface area contributed by atoms with Gasteiger partial charge in [-0.3, -0.25) is 4.79 Å². The van der Waals surface area contributed by atoms with Gasteiger partial charge < -0.3 is 19.3 Å². The SMILES string of the molecule is COc1cc(/C=C(\C#N)C(=O)Nc2ccc(C(=O)O)cc2)cc(Cl)c1OS(=O)(=O)c1ccc(C)cc1. The van der Waals surface area contributed by atoms with Crippen LogP contribution in [-0.2, 0) is 14.9 Å². The van der Waals surface area contributed by atoms with Gasteiger partial charge in [-0.25, -0.2) is 4.79 Å². The lowest BCUT2D eigenvalue weighted by atomic mass is 10.1. The summed E-state index contributed by atoms with van der Waals surface area (Å²) in [6.45, 7) is 1.81. The van der Waals surface area contributed by atoms with Crippen molar-refractivity contribution in [3.63, 3.8) is 0 Å². The molecule has 0 bridgehead atoms. The number of ether oxygens (including phenoxy) is 1. The second-order valence-electron chi connectivity index (χ2n) is 7.39. The standard InChI is InChI=1S/C25H19ClN2O7S/c1-15-3-9-20(10-4-15)36(32,33)35-23-21(26)12-16(13-22(23)34-2)11-18(14-27)24(29)28-19-7-5-17(6-8-19)25(30)31/h3-13H,1-2H3,(H,28,29)(H,30,31)/b18-11+. The van der Waals surface area contributed by atoms with Gasteiger partial charge >= 0.3 is 16.1 Å². The Morgan fingerprint density at radius 2 is 1.72 bits per heavy atom. The molecule has 0 saturated carbocycles. The van der Waals surface area contributed by atoms with Gasteiger partial charge in [0.15, 0.2) is 5.75 Å². The van der Waals surface area contributed by atoms with Crippen LogP contribution in [0.3, 0.4) is 0 Å². The van der Waals surface area contributed by atoms with Gasteiger partial charge in [0.1, 0.15) is 16.5 Å². The lowest BCUT2D eigenvalue weighted by Gasteiger charge is -2.13. The largest absolute Gasteiger partial charge is 0.493 e. The van der Waals surface area contributed by atoms with E-state index in [-0.39, 0.29) is 43.8 Å². The molecular weight excluding hydrogens is 508 g/mol. The summed E-state index contributed by atoms with van der Waals surface area (Å²) in [5.41, 5.74) is 1.17. The molecule has 3 rings (SSSR count). The first-order valence-corrected chi connectivity index (χ1v) is 12.0. The Bertz CT molecular complexity index is 1490. The maximum atomic E-state index is 12.7. The number of hydrogen-bond donors (Lipinski definition) is 2. The van der Waals surface area contributed by atoms with Crippen LogP contribution in [0.1, 0.15) is 21.5 Å². The first kappa shape index (κ1) is 26.3. The number of carboxylic acid groups (broad SMARTS) is 1. The normalized spacial score (nSPS) is 11.3. The number of halogens is 1. The van der Waals surface area contributed by atoms with Crippen LogP contribution < -0.4 is 14.2 Å². The van der Waals surface area contributed by atoms with Gasteiger partial charge in [0.05, 0.1) is 17.7 Å². The maximum absolute atomic E-state index is 12.7. The first-order valence-electron chi connectivity index (χ1n) is 10.2. The van der Waals surface area contributed by atoms with E-state index >= 15 is 0 Å². The van der Waals surface area contributed by atoms with Crippen LogP contribution in [0.2, 0.25) is 5.02 Å². The quantitative estimate of drug-likeness (QED) is 0.245. The zero-order valence-corrected chi connectivity index (χ0v) is 20.6. The Morgan fingerprint density at radius 3 is 2.28 bits per heavy atom. The number of anilines is 1. The van der Waals surface area contributed by atoms with E-state index in [0.717, 1.165) is 5.56 Å². The van der Waals surface area contributed by atoms with E-state index in [2.05, 4.69) is 5.32 Å². The molecule has 0 unspecified atom stereocenters. The number of carboxylic acids is 1. The molecular formula is C25H19ClN2O7S. The van der Waals surface area contributed by atoms with E-state index in [1.165, 1.54) is 61.7 Å². The average Bonchev–Trinajstić information content (AvgIpc) is 2.84. The van der Waals surface area contributed by atoms with Crippen molar-refractivity contribution in [3.8, 4) is 17.6 Å². The highest BCUT2D eigenvalue weighted by atomic mass is 35.5. The molecule has 11 heteroatoms. The third-order valence-corrected chi connectivity index (χ3v) is 6.34. The molecule has 0 saturated heterocycles. The lowest BCUT2D eigenvalue weighted by Crippen LogP contribution is -2.13. The second kappa shape index (κ2) is 10.9. The highest BCUT2D eigenvalue weighted by Gasteiger charge is 2.22.